The van der Waals surface area contributed by atoms with Crippen LogP contribution in [0.15, 0.2) is 16.5 Å². The molecule has 0 fully saturated rings. The van der Waals surface area contributed by atoms with Crippen LogP contribution in [0.1, 0.15) is 0 Å². The van der Waals surface area contributed by atoms with Crippen LogP contribution in [-0.4, -0.2) is 9.91 Å². The summed E-state index contributed by atoms with van der Waals surface area (Å²) in [5, 5.41) is 10.8. The second kappa shape index (κ2) is 3.77. The number of nitrogens with two attached hydrogens (primary N) is 1. The Morgan fingerprint density at radius 3 is 2.80 bits per heavy atom. The third-order valence-corrected chi connectivity index (χ3v) is 3.45. The summed E-state index contributed by atoms with van der Waals surface area (Å²) >= 11 is 3.36. The SMILES string of the molecule is Nc1nc(-c2ccc([N+](=O)[O-])o2)c(I)s1. The quantitative estimate of drug-likeness (QED) is 0.516. The zero-order chi connectivity index (χ0) is 11.0. The number of aromatic nitrogens is 1. The normalized spacial score (nSPS) is 10.5. The summed E-state index contributed by atoms with van der Waals surface area (Å²) < 4.78 is 5.85. The zero-order valence-electron chi connectivity index (χ0n) is 7.14. The summed E-state index contributed by atoms with van der Waals surface area (Å²) in [5.74, 6) is 0.0615. The van der Waals surface area contributed by atoms with Crippen molar-refractivity contribution < 1.29 is 9.34 Å². The van der Waals surface area contributed by atoms with Crippen molar-refractivity contribution in [1.82, 2.24) is 4.98 Å². The third kappa shape index (κ3) is 1.95. The van der Waals surface area contributed by atoms with Gasteiger partial charge in [0.05, 0.1) is 8.95 Å². The highest BCUT2D eigenvalue weighted by atomic mass is 127. The Balaban J connectivity index is 2.45. The molecule has 2 heterocycles. The molecular weight excluding hydrogens is 333 g/mol. The number of furan rings is 1. The Bertz CT molecular complexity index is 521. The maximum atomic E-state index is 10.4. The van der Waals surface area contributed by atoms with Crippen LogP contribution in [0.2, 0.25) is 0 Å². The number of thiazole rings is 1. The lowest BCUT2D eigenvalue weighted by Gasteiger charge is -1.88. The van der Waals surface area contributed by atoms with Crippen LogP contribution in [0.5, 0.6) is 0 Å². The van der Waals surface area contributed by atoms with Crippen molar-refractivity contribution in [2.45, 2.75) is 0 Å². The first-order chi connectivity index (χ1) is 7.08. The second-order valence-corrected chi connectivity index (χ2v) is 5.41. The Kier molecular flexibility index (Phi) is 2.61. The molecule has 0 aliphatic heterocycles. The van der Waals surface area contributed by atoms with Gasteiger partial charge in [0.2, 0.25) is 0 Å². The highest BCUT2D eigenvalue weighted by Gasteiger charge is 2.17. The molecule has 0 atom stereocenters. The van der Waals surface area contributed by atoms with Crippen molar-refractivity contribution in [1.29, 1.82) is 0 Å². The van der Waals surface area contributed by atoms with Crippen LogP contribution >= 0.6 is 33.9 Å². The molecular formula is C7H4IN3O3S. The Morgan fingerprint density at radius 1 is 1.60 bits per heavy atom. The van der Waals surface area contributed by atoms with Gasteiger partial charge in [-0.25, -0.2) is 4.98 Å². The van der Waals surface area contributed by atoms with Crippen LogP contribution in [-0.2, 0) is 0 Å². The first kappa shape index (κ1) is 10.4. The van der Waals surface area contributed by atoms with Crippen molar-refractivity contribution in [3.05, 3.63) is 25.1 Å². The van der Waals surface area contributed by atoms with Gasteiger partial charge in [-0.15, -0.1) is 0 Å². The van der Waals surface area contributed by atoms with Gasteiger partial charge in [-0.05, 0) is 28.7 Å². The number of anilines is 1. The minimum Gasteiger partial charge on any atom is -0.399 e. The van der Waals surface area contributed by atoms with Crippen LogP contribution in [0, 0.1) is 13.0 Å². The standard InChI is InChI=1S/C7H4IN3O3S/c8-6-5(10-7(9)15-6)3-1-2-4(14-3)11(12)13/h1-2H,(H2,9,10). The van der Waals surface area contributed by atoms with Crippen LogP contribution < -0.4 is 5.73 Å². The molecule has 78 valence electrons. The van der Waals surface area contributed by atoms with Crippen LogP contribution in [0.3, 0.4) is 0 Å². The van der Waals surface area contributed by atoms with Crippen molar-refractivity contribution in [2.24, 2.45) is 0 Å². The Labute approximate surface area is 101 Å². The van der Waals surface area contributed by atoms with E-state index in [0.29, 0.717) is 16.6 Å². The van der Waals surface area contributed by atoms with Crippen molar-refractivity contribution >= 4 is 44.9 Å². The molecule has 0 saturated carbocycles. The lowest BCUT2D eigenvalue weighted by Crippen LogP contribution is -1.84. The maximum absolute atomic E-state index is 10.4. The molecule has 2 aromatic heterocycles. The molecule has 0 aliphatic carbocycles. The van der Waals surface area contributed by atoms with Gasteiger partial charge in [-0.2, -0.15) is 0 Å². The molecule has 0 bridgehead atoms. The molecule has 0 aliphatic rings. The number of rotatable bonds is 2. The topological polar surface area (TPSA) is 95.2 Å². The fourth-order valence-electron chi connectivity index (χ4n) is 1.02. The molecule has 2 N–H and O–H groups in total. The second-order valence-electron chi connectivity index (χ2n) is 2.57. The minimum atomic E-state index is -0.591. The van der Waals surface area contributed by atoms with Gasteiger partial charge >= 0.3 is 5.88 Å². The van der Waals surface area contributed by atoms with E-state index in [4.69, 9.17) is 10.2 Å². The highest BCUT2D eigenvalue weighted by Crippen LogP contribution is 2.33. The van der Waals surface area contributed by atoms with E-state index in [9.17, 15) is 10.1 Å². The smallest absolute Gasteiger partial charge is 0.399 e. The number of hydrogen-bond acceptors (Lipinski definition) is 6. The van der Waals surface area contributed by atoms with E-state index >= 15 is 0 Å². The van der Waals surface area contributed by atoms with E-state index in [2.05, 4.69) is 27.6 Å². The predicted molar refractivity (Wildman–Crippen MR) is 63.6 cm³/mol. The van der Waals surface area contributed by atoms with Crippen molar-refractivity contribution in [3.63, 3.8) is 0 Å². The molecule has 0 amide bonds. The molecule has 0 unspecified atom stereocenters. The Morgan fingerprint density at radius 2 is 2.33 bits per heavy atom. The summed E-state index contributed by atoms with van der Waals surface area (Å²) in [5.41, 5.74) is 6.06. The first-order valence-electron chi connectivity index (χ1n) is 3.74. The van der Waals surface area contributed by atoms with Crippen molar-refractivity contribution in [2.75, 3.05) is 5.73 Å². The molecule has 0 aromatic carbocycles. The molecule has 0 saturated heterocycles. The summed E-state index contributed by atoms with van der Waals surface area (Å²) in [7, 11) is 0. The number of hydrogen-bond donors (Lipinski definition) is 1. The molecule has 6 nitrogen and oxygen atoms in total. The summed E-state index contributed by atoms with van der Waals surface area (Å²) in [6.45, 7) is 0. The Hall–Kier alpha value is -1.16. The van der Waals surface area contributed by atoms with Gasteiger partial charge in [0, 0.05) is 0 Å². The van der Waals surface area contributed by atoms with E-state index < -0.39 is 4.92 Å². The van der Waals surface area contributed by atoms with Gasteiger partial charge in [0.1, 0.15) is 10.6 Å². The van der Waals surface area contributed by atoms with E-state index in [1.165, 1.54) is 23.5 Å². The monoisotopic (exact) mass is 337 g/mol. The predicted octanol–water partition coefficient (Wildman–Crippen LogP) is 2.50. The van der Waals surface area contributed by atoms with E-state index in [1.54, 1.807) is 0 Å². The van der Waals surface area contributed by atoms with Gasteiger partial charge in [-0.1, -0.05) is 11.3 Å². The number of nitrogens with zero attached hydrogens (tertiary/aromatic N) is 2. The number of nitro groups is 1. The third-order valence-electron chi connectivity index (χ3n) is 1.61. The van der Waals surface area contributed by atoms with Crippen LogP contribution in [0.25, 0.3) is 11.5 Å². The molecule has 2 aromatic rings. The number of halogens is 1. The van der Waals surface area contributed by atoms with Gasteiger partial charge in [0.15, 0.2) is 10.9 Å². The molecule has 0 radical (unpaired) electrons. The van der Waals surface area contributed by atoms with Gasteiger partial charge < -0.3 is 10.2 Å². The largest absolute Gasteiger partial charge is 0.433 e. The van der Waals surface area contributed by atoms with Gasteiger partial charge in [-0.3, -0.25) is 10.1 Å². The average molecular weight is 337 g/mol. The fourth-order valence-corrected chi connectivity index (χ4v) is 2.65. The van der Waals surface area contributed by atoms with Gasteiger partial charge in [0.25, 0.3) is 0 Å². The summed E-state index contributed by atoms with van der Waals surface area (Å²) in [4.78, 5) is 13.8. The van der Waals surface area contributed by atoms with Crippen molar-refractivity contribution in [3.8, 4) is 11.5 Å². The van der Waals surface area contributed by atoms with E-state index in [-0.39, 0.29) is 5.88 Å². The maximum Gasteiger partial charge on any atom is 0.433 e. The minimum absolute atomic E-state index is 0.299. The lowest BCUT2D eigenvalue weighted by atomic mass is 10.4. The molecule has 8 heteroatoms. The molecule has 0 spiro atoms. The van der Waals surface area contributed by atoms with E-state index in [1.807, 2.05) is 0 Å². The molecule has 15 heavy (non-hydrogen) atoms. The first-order valence-corrected chi connectivity index (χ1v) is 5.64. The summed E-state index contributed by atoms with van der Waals surface area (Å²) in [6, 6.07) is 2.80. The number of nitrogen functional groups attached to an aromatic ring is 1. The average Bonchev–Trinajstić information content (AvgIpc) is 2.71. The zero-order valence-corrected chi connectivity index (χ0v) is 10.1. The fraction of sp³-hybridized carbons (Fsp3) is 0. The van der Waals surface area contributed by atoms with Crippen LogP contribution in [0.4, 0.5) is 11.0 Å². The summed E-state index contributed by atoms with van der Waals surface area (Å²) in [6.07, 6.45) is 0. The lowest BCUT2D eigenvalue weighted by molar-refractivity contribution is -0.401. The van der Waals surface area contributed by atoms with E-state index in [0.717, 1.165) is 2.88 Å². The highest BCUT2D eigenvalue weighted by molar-refractivity contribution is 14.1. The molecule has 2 rings (SSSR count).